The Morgan fingerprint density at radius 1 is 1.10 bits per heavy atom. The number of nitrogens with two attached hydrogens (primary N) is 1. The van der Waals surface area contributed by atoms with Crippen molar-refractivity contribution >= 4 is 32.6 Å². The summed E-state index contributed by atoms with van der Waals surface area (Å²) in [5.41, 5.74) is -0.194. The molecule has 0 fully saturated rings. The molecule has 0 radical (unpaired) electrons. The van der Waals surface area contributed by atoms with Crippen LogP contribution in [0.3, 0.4) is 0 Å². The summed E-state index contributed by atoms with van der Waals surface area (Å²) in [6.45, 7) is 0. The molecule has 0 atom stereocenters. The number of halogens is 1. The summed E-state index contributed by atoms with van der Waals surface area (Å²) in [5.74, 6) is -0.957. The molecule has 0 saturated heterocycles. The fourth-order valence-electron chi connectivity index (χ4n) is 3.14. The number of phenolic OH excluding ortho intramolecular Hbond substituents is 2. The number of rotatable bonds is 5. The average Bonchev–Trinajstić information content (AvgIpc) is 3.14. The first-order valence-corrected chi connectivity index (χ1v) is 11.0. The van der Waals surface area contributed by atoms with E-state index in [2.05, 4.69) is 5.16 Å². The number of phenols is 2. The lowest BCUT2D eigenvalue weighted by Gasteiger charge is -2.10. The molecule has 0 aliphatic rings. The van der Waals surface area contributed by atoms with Crippen LogP contribution in [0.1, 0.15) is 5.76 Å². The van der Waals surface area contributed by atoms with Gasteiger partial charge in [-0.25, -0.2) is 13.6 Å². The fraction of sp³-hybridized carbons (Fsp3) is 0.100. The lowest BCUT2D eigenvalue weighted by atomic mass is 10.0. The third kappa shape index (κ3) is 4.13. The van der Waals surface area contributed by atoms with Crippen molar-refractivity contribution in [2.45, 2.75) is 6.42 Å². The van der Waals surface area contributed by atoms with Gasteiger partial charge in [0, 0.05) is 30.2 Å². The molecule has 0 amide bonds. The predicted molar refractivity (Wildman–Crippen MR) is 113 cm³/mol. The minimum atomic E-state index is -3.71. The van der Waals surface area contributed by atoms with E-state index in [4.69, 9.17) is 25.7 Å². The SMILES string of the molecule is NS(=O)(=O)CCc1cc(-c2c(O)cc(O)c3c(=O)cc(-c4ccccc4Cl)oc23)no1. The zero-order valence-corrected chi connectivity index (χ0v) is 17.3. The van der Waals surface area contributed by atoms with Crippen LogP contribution in [0, 0.1) is 0 Å². The molecule has 0 bridgehead atoms. The third-order valence-electron chi connectivity index (χ3n) is 4.55. The highest BCUT2D eigenvalue weighted by atomic mass is 35.5. The molecule has 160 valence electrons. The Hall–Kier alpha value is -3.34. The first-order chi connectivity index (χ1) is 14.6. The second-order valence-electron chi connectivity index (χ2n) is 6.74. The van der Waals surface area contributed by atoms with Crippen molar-refractivity contribution in [2.75, 3.05) is 5.75 Å². The zero-order chi connectivity index (χ0) is 22.3. The Morgan fingerprint density at radius 2 is 1.84 bits per heavy atom. The second kappa shape index (κ2) is 7.73. The monoisotopic (exact) mass is 462 g/mol. The van der Waals surface area contributed by atoms with E-state index in [1.165, 1.54) is 12.1 Å². The van der Waals surface area contributed by atoms with Crippen LogP contribution in [-0.2, 0) is 16.4 Å². The van der Waals surface area contributed by atoms with Crippen molar-refractivity contribution in [3.63, 3.8) is 0 Å². The van der Waals surface area contributed by atoms with Crippen LogP contribution >= 0.6 is 11.6 Å². The van der Waals surface area contributed by atoms with Gasteiger partial charge in [-0.1, -0.05) is 28.9 Å². The van der Waals surface area contributed by atoms with Crippen LogP contribution in [0.5, 0.6) is 11.5 Å². The number of aromatic hydroxyl groups is 2. The molecule has 4 N–H and O–H groups in total. The van der Waals surface area contributed by atoms with Gasteiger partial charge in [-0.2, -0.15) is 0 Å². The smallest absolute Gasteiger partial charge is 0.209 e. The van der Waals surface area contributed by atoms with E-state index < -0.39 is 27.0 Å². The standard InChI is InChI=1S/C20H15ClN2O7S/c21-12-4-2-1-3-11(12)17-9-16(26)19-15(25)8-14(24)18(20(19)29-17)13-7-10(30-23-13)5-6-31(22,27)28/h1-4,7-9,24-25H,5-6H2,(H2,22,27,28). The highest BCUT2D eigenvalue weighted by Crippen LogP contribution is 2.41. The normalized spacial score (nSPS) is 11.8. The van der Waals surface area contributed by atoms with Crippen LogP contribution in [0.4, 0.5) is 0 Å². The number of benzene rings is 2. The number of hydrogen-bond donors (Lipinski definition) is 3. The summed E-state index contributed by atoms with van der Waals surface area (Å²) in [7, 11) is -3.71. The van der Waals surface area contributed by atoms with Crippen LogP contribution in [-0.4, -0.2) is 29.5 Å². The van der Waals surface area contributed by atoms with Gasteiger partial charge in [0.15, 0.2) is 11.0 Å². The van der Waals surface area contributed by atoms with Gasteiger partial charge < -0.3 is 19.2 Å². The summed E-state index contributed by atoms with van der Waals surface area (Å²) in [5, 5.41) is 29.7. The van der Waals surface area contributed by atoms with Crippen LogP contribution in [0.25, 0.3) is 33.6 Å². The lowest BCUT2D eigenvalue weighted by Crippen LogP contribution is -2.17. The number of aromatic nitrogens is 1. The molecule has 9 nitrogen and oxygen atoms in total. The molecule has 0 aliphatic carbocycles. The van der Waals surface area contributed by atoms with E-state index in [0.717, 1.165) is 6.07 Å². The highest BCUT2D eigenvalue weighted by molar-refractivity contribution is 7.89. The molecule has 2 aromatic heterocycles. The summed E-state index contributed by atoms with van der Waals surface area (Å²) in [6.07, 6.45) is -0.0442. The van der Waals surface area contributed by atoms with Crippen molar-refractivity contribution in [2.24, 2.45) is 5.14 Å². The largest absolute Gasteiger partial charge is 0.507 e. The lowest BCUT2D eigenvalue weighted by molar-refractivity contribution is 0.388. The fourth-order valence-corrected chi connectivity index (χ4v) is 3.85. The molecule has 4 rings (SSSR count). The van der Waals surface area contributed by atoms with E-state index in [9.17, 15) is 23.4 Å². The number of sulfonamides is 1. The maximum Gasteiger partial charge on any atom is 0.209 e. The number of nitrogens with zero attached hydrogens (tertiary/aromatic N) is 1. The summed E-state index contributed by atoms with van der Waals surface area (Å²) in [4.78, 5) is 12.7. The van der Waals surface area contributed by atoms with Crippen molar-refractivity contribution in [1.29, 1.82) is 0 Å². The van der Waals surface area contributed by atoms with Gasteiger partial charge in [0.2, 0.25) is 10.0 Å². The number of aryl methyl sites for hydroxylation is 1. The minimum Gasteiger partial charge on any atom is -0.507 e. The molecule has 31 heavy (non-hydrogen) atoms. The van der Waals surface area contributed by atoms with Gasteiger partial charge in [-0.05, 0) is 12.1 Å². The molecule has 2 aromatic carbocycles. The Labute approximate surface area is 180 Å². The van der Waals surface area contributed by atoms with Crippen molar-refractivity contribution in [1.82, 2.24) is 5.16 Å². The number of hydrogen-bond acceptors (Lipinski definition) is 8. The molecule has 0 spiro atoms. The summed E-state index contributed by atoms with van der Waals surface area (Å²) >= 11 is 6.21. The van der Waals surface area contributed by atoms with Crippen molar-refractivity contribution in [3.05, 3.63) is 63.5 Å². The van der Waals surface area contributed by atoms with Gasteiger partial charge in [0.1, 0.15) is 34.1 Å². The molecule has 0 saturated carbocycles. The van der Waals surface area contributed by atoms with Crippen LogP contribution in [0.2, 0.25) is 5.02 Å². The van der Waals surface area contributed by atoms with Crippen LogP contribution < -0.4 is 10.6 Å². The molecular formula is C20H15ClN2O7S. The number of fused-ring (bicyclic) bond motifs is 1. The molecule has 2 heterocycles. The van der Waals surface area contributed by atoms with E-state index in [-0.39, 0.29) is 45.9 Å². The van der Waals surface area contributed by atoms with Gasteiger partial charge in [-0.15, -0.1) is 0 Å². The maximum absolute atomic E-state index is 12.7. The molecular weight excluding hydrogens is 448 g/mol. The van der Waals surface area contributed by atoms with E-state index in [1.807, 2.05) is 0 Å². The highest BCUT2D eigenvalue weighted by Gasteiger charge is 2.22. The third-order valence-corrected chi connectivity index (χ3v) is 5.65. The summed E-state index contributed by atoms with van der Waals surface area (Å²) < 4.78 is 33.4. The quantitative estimate of drug-likeness (QED) is 0.408. The van der Waals surface area contributed by atoms with E-state index in [1.54, 1.807) is 24.3 Å². The predicted octanol–water partition coefficient (Wildman–Crippen LogP) is 3.01. The zero-order valence-electron chi connectivity index (χ0n) is 15.7. The Kier molecular flexibility index (Phi) is 5.21. The second-order valence-corrected chi connectivity index (χ2v) is 8.89. The Morgan fingerprint density at radius 3 is 2.55 bits per heavy atom. The van der Waals surface area contributed by atoms with Gasteiger partial charge >= 0.3 is 0 Å². The molecule has 0 aliphatic heterocycles. The number of primary sulfonamides is 1. The molecule has 11 heteroatoms. The first kappa shape index (κ1) is 20.9. The van der Waals surface area contributed by atoms with Gasteiger partial charge in [0.25, 0.3) is 0 Å². The Bertz CT molecular complexity index is 1470. The van der Waals surface area contributed by atoms with E-state index >= 15 is 0 Å². The van der Waals surface area contributed by atoms with E-state index in [0.29, 0.717) is 10.6 Å². The minimum absolute atomic E-state index is 0.00981. The molecule has 4 aromatic rings. The summed E-state index contributed by atoms with van der Waals surface area (Å²) in [6, 6.07) is 10.3. The van der Waals surface area contributed by atoms with Crippen molar-refractivity contribution < 1.29 is 27.6 Å². The Balaban J connectivity index is 1.93. The maximum atomic E-state index is 12.7. The van der Waals surface area contributed by atoms with Gasteiger partial charge in [0.05, 0.1) is 16.3 Å². The van der Waals surface area contributed by atoms with Crippen LogP contribution in [0.15, 0.2) is 56.2 Å². The van der Waals surface area contributed by atoms with Gasteiger partial charge in [-0.3, -0.25) is 4.79 Å². The molecule has 0 unspecified atom stereocenters. The topological polar surface area (TPSA) is 157 Å². The average molecular weight is 463 g/mol. The van der Waals surface area contributed by atoms with Crippen molar-refractivity contribution in [3.8, 4) is 34.1 Å². The first-order valence-electron chi connectivity index (χ1n) is 8.88.